The molecule has 0 spiro atoms. The van der Waals surface area contributed by atoms with E-state index in [1.807, 2.05) is 0 Å². The van der Waals surface area contributed by atoms with Crippen molar-refractivity contribution in [3.8, 4) is 5.75 Å². The second-order valence-corrected chi connectivity index (χ2v) is 6.52. The number of phenolic OH excluding ortho intramolecular Hbond substituents is 1. The summed E-state index contributed by atoms with van der Waals surface area (Å²) < 4.78 is 52.2. The van der Waals surface area contributed by atoms with Crippen LogP contribution in [0.25, 0.3) is 0 Å². The van der Waals surface area contributed by atoms with Gasteiger partial charge in [0.1, 0.15) is 22.3 Å². The minimum absolute atomic E-state index is 0.0292. The molecule has 21 heavy (non-hydrogen) atoms. The Hall–Kier alpha value is -1.99. The zero-order chi connectivity index (χ0) is 15.6. The van der Waals surface area contributed by atoms with Gasteiger partial charge in [-0.3, -0.25) is 0 Å². The minimum atomic E-state index is -4.14. The number of rotatable bonds is 4. The summed E-state index contributed by atoms with van der Waals surface area (Å²) in [4.78, 5) is -0.705. The fourth-order valence-corrected chi connectivity index (χ4v) is 3.02. The van der Waals surface area contributed by atoms with Crippen molar-refractivity contribution in [1.82, 2.24) is 4.31 Å². The predicted molar refractivity (Wildman–Crippen MR) is 73.1 cm³/mol. The van der Waals surface area contributed by atoms with Gasteiger partial charge in [0.05, 0.1) is 0 Å². The molecular weight excluding hydrogens is 300 g/mol. The van der Waals surface area contributed by atoms with Gasteiger partial charge in [-0.25, -0.2) is 17.2 Å². The summed E-state index contributed by atoms with van der Waals surface area (Å²) in [5, 5.41) is 9.17. The van der Waals surface area contributed by atoms with Crippen LogP contribution in [0.5, 0.6) is 5.75 Å². The topological polar surface area (TPSA) is 57.6 Å². The van der Waals surface area contributed by atoms with Gasteiger partial charge in [-0.05, 0) is 35.9 Å². The van der Waals surface area contributed by atoms with Crippen molar-refractivity contribution in [2.24, 2.45) is 0 Å². The number of hydrogen-bond acceptors (Lipinski definition) is 3. The van der Waals surface area contributed by atoms with E-state index >= 15 is 0 Å². The van der Waals surface area contributed by atoms with E-state index in [9.17, 15) is 22.3 Å². The normalized spacial score (nSPS) is 11.8. The number of phenols is 1. The Kier molecular flexibility index (Phi) is 4.24. The molecule has 7 heteroatoms. The van der Waals surface area contributed by atoms with Crippen LogP contribution in [0.4, 0.5) is 8.78 Å². The zero-order valence-corrected chi connectivity index (χ0v) is 11.9. The lowest BCUT2D eigenvalue weighted by atomic mass is 10.2. The lowest BCUT2D eigenvalue weighted by Gasteiger charge is -2.17. The maximum atomic E-state index is 13.6. The van der Waals surface area contributed by atoms with Crippen LogP contribution in [0.1, 0.15) is 5.56 Å². The van der Waals surface area contributed by atoms with Crippen molar-refractivity contribution in [2.75, 3.05) is 7.05 Å². The molecule has 0 unspecified atom stereocenters. The van der Waals surface area contributed by atoms with Crippen LogP contribution in [-0.2, 0) is 16.6 Å². The fraction of sp³-hybridized carbons (Fsp3) is 0.143. The van der Waals surface area contributed by atoms with Crippen LogP contribution in [0.3, 0.4) is 0 Å². The zero-order valence-electron chi connectivity index (χ0n) is 11.1. The largest absolute Gasteiger partial charge is 0.508 e. The molecule has 0 saturated carbocycles. The summed E-state index contributed by atoms with van der Waals surface area (Å²) in [6.45, 7) is -0.0292. The molecule has 2 aromatic rings. The third-order valence-corrected chi connectivity index (χ3v) is 4.74. The van der Waals surface area contributed by atoms with Crippen LogP contribution in [0.15, 0.2) is 47.4 Å². The number of aromatic hydroxyl groups is 1. The van der Waals surface area contributed by atoms with Crippen LogP contribution in [0.2, 0.25) is 0 Å². The molecule has 0 fully saturated rings. The third-order valence-electron chi connectivity index (χ3n) is 2.92. The van der Waals surface area contributed by atoms with Gasteiger partial charge in [0, 0.05) is 13.6 Å². The first-order valence-electron chi connectivity index (χ1n) is 6.00. The van der Waals surface area contributed by atoms with Crippen LogP contribution in [0, 0.1) is 11.6 Å². The summed E-state index contributed by atoms with van der Waals surface area (Å²) in [7, 11) is -2.87. The van der Waals surface area contributed by atoms with Crippen molar-refractivity contribution in [1.29, 1.82) is 0 Å². The van der Waals surface area contributed by atoms with Crippen LogP contribution < -0.4 is 0 Å². The van der Waals surface area contributed by atoms with Crippen molar-refractivity contribution in [3.05, 3.63) is 59.7 Å². The molecule has 2 aromatic carbocycles. The first-order chi connectivity index (χ1) is 9.80. The van der Waals surface area contributed by atoms with E-state index in [-0.39, 0.29) is 12.3 Å². The molecule has 0 bridgehead atoms. The van der Waals surface area contributed by atoms with Crippen molar-refractivity contribution < 1.29 is 22.3 Å². The Balaban J connectivity index is 2.30. The first kappa shape index (κ1) is 15.4. The number of benzene rings is 2. The molecule has 4 nitrogen and oxygen atoms in total. The van der Waals surface area contributed by atoms with Gasteiger partial charge in [-0.15, -0.1) is 0 Å². The Labute approximate surface area is 121 Å². The van der Waals surface area contributed by atoms with Gasteiger partial charge in [0.2, 0.25) is 10.0 Å². The highest BCUT2D eigenvalue weighted by Gasteiger charge is 2.25. The molecular formula is C14H13F2NO3S. The first-order valence-corrected chi connectivity index (χ1v) is 7.44. The molecule has 0 aromatic heterocycles. The second-order valence-electron chi connectivity index (χ2n) is 4.50. The van der Waals surface area contributed by atoms with Gasteiger partial charge in [0.15, 0.2) is 0 Å². The molecule has 0 aliphatic carbocycles. The standard InChI is InChI=1S/C14H13F2NO3S/c1-17(9-10-2-5-12(18)6-3-10)21(19,20)14-8-11(15)4-7-13(14)16/h2-8,18H,9H2,1H3. The molecule has 1 N–H and O–H groups in total. The smallest absolute Gasteiger partial charge is 0.246 e. The Bertz CT molecular complexity index is 745. The minimum Gasteiger partial charge on any atom is -0.508 e. The van der Waals surface area contributed by atoms with Gasteiger partial charge < -0.3 is 5.11 Å². The van der Waals surface area contributed by atoms with Crippen LogP contribution >= 0.6 is 0 Å². The highest BCUT2D eigenvalue weighted by atomic mass is 32.2. The van der Waals surface area contributed by atoms with E-state index < -0.39 is 26.6 Å². The van der Waals surface area contributed by atoms with E-state index in [4.69, 9.17) is 0 Å². The number of sulfonamides is 1. The molecule has 112 valence electrons. The Morgan fingerprint density at radius 3 is 2.33 bits per heavy atom. The highest BCUT2D eigenvalue weighted by molar-refractivity contribution is 7.89. The molecule has 0 aliphatic heterocycles. The molecule has 0 amide bonds. The van der Waals surface area contributed by atoms with Crippen molar-refractivity contribution in [2.45, 2.75) is 11.4 Å². The predicted octanol–water partition coefficient (Wildman–Crippen LogP) is 2.49. The van der Waals surface area contributed by atoms with Gasteiger partial charge in [0.25, 0.3) is 0 Å². The summed E-state index contributed by atoms with van der Waals surface area (Å²) in [6, 6.07) is 8.20. The molecule has 0 saturated heterocycles. The van der Waals surface area contributed by atoms with E-state index in [0.717, 1.165) is 16.4 Å². The maximum Gasteiger partial charge on any atom is 0.246 e. The van der Waals surface area contributed by atoms with Gasteiger partial charge in [-0.1, -0.05) is 12.1 Å². The molecule has 0 atom stereocenters. The molecule has 0 aliphatic rings. The van der Waals surface area contributed by atoms with E-state index in [0.29, 0.717) is 11.6 Å². The highest BCUT2D eigenvalue weighted by Crippen LogP contribution is 2.21. The molecule has 2 rings (SSSR count). The summed E-state index contributed by atoms with van der Waals surface area (Å²) in [5.41, 5.74) is 0.607. The third kappa shape index (κ3) is 3.37. The summed E-state index contributed by atoms with van der Waals surface area (Å²) in [6.07, 6.45) is 0. The van der Waals surface area contributed by atoms with Crippen molar-refractivity contribution >= 4 is 10.0 Å². The summed E-state index contributed by atoms with van der Waals surface area (Å²) in [5.74, 6) is -1.78. The Morgan fingerprint density at radius 2 is 1.71 bits per heavy atom. The Morgan fingerprint density at radius 1 is 1.10 bits per heavy atom. The second kappa shape index (κ2) is 5.79. The van der Waals surface area contributed by atoms with E-state index in [1.54, 1.807) is 12.1 Å². The maximum absolute atomic E-state index is 13.6. The average molecular weight is 313 g/mol. The lowest BCUT2D eigenvalue weighted by molar-refractivity contribution is 0.456. The van der Waals surface area contributed by atoms with Crippen molar-refractivity contribution in [3.63, 3.8) is 0 Å². The monoisotopic (exact) mass is 313 g/mol. The average Bonchev–Trinajstić information content (AvgIpc) is 2.43. The summed E-state index contributed by atoms with van der Waals surface area (Å²) >= 11 is 0. The SMILES string of the molecule is CN(Cc1ccc(O)cc1)S(=O)(=O)c1cc(F)ccc1F. The fourth-order valence-electron chi connectivity index (χ4n) is 1.79. The molecule has 0 heterocycles. The quantitative estimate of drug-likeness (QED) is 0.943. The number of hydrogen-bond donors (Lipinski definition) is 1. The van der Waals surface area contributed by atoms with E-state index in [2.05, 4.69) is 0 Å². The molecule has 0 radical (unpaired) electrons. The van der Waals surface area contributed by atoms with Gasteiger partial charge >= 0.3 is 0 Å². The lowest BCUT2D eigenvalue weighted by Crippen LogP contribution is -2.27. The number of halogens is 2. The van der Waals surface area contributed by atoms with Gasteiger partial charge in [-0.2, -0.15) is 4.31 Å². The van der Waals surface area contributed by atoms with E-state index in [1.165, 1.54) is 19.2 Å². The number of nitrogens with zero attached hydrogens (tertiary/aromatic N) is 1. The van der Waals surface area contributed by atoms with Crippen LogP contribution in [-0.4, -0.2) is 24.9 Å².